The summed E-state index contributed by atoms with van der Waals surface area (Å²) in [6.45, 7) is 0. The summed E-state index contributed by atoms with van der Waals surface area (Å²) in [5.41, 5.74) is 0.270. The van der Waals surface area contributed by atoms with E-state index in [1.807, 2.05) is 0 Å². The lowest BCUT2D eigenvalue weighted by Gasteiger charge is -2.19. The summed E-state index contributed by atoms with van der Waals surface area (Å²) in [4.78, 5) is 23.5. The third kappa shape index (κ3) is 5.32. The molecule has 0 spiro atoms. The van der Waals surface area contributed by atoms with E-state index in [1.54, 1.807) is 60.7 Å². The van der Waals surface area contributed by atoms with Crippen LogP contribution in [0.3, 0.4) is 0 Å². The van der Waals surface area contributed by atoms with E-state index in [4.69, 9.17) is 0 Å². The first-order valence-electron chi connectivity index (χ1n) is 13.7. The number of carbonyl (C=O) groups excluding carboxylic acids is 2. The Balaban J connectivity index is 1.59. The van der Waals surface area contributed by atoms with E-state index < -0.39 is 35.0 Å². The Morgan fingerprint density at radius 2 is 0.804 bits per heavy atom. The molecule has 0 fully saturated rings. The van der Waals surface area contributed by atoms with E-state index >= 15 is 0 Å². The zero-order valence-corrected chi connectivity index (χ0v) is 23.4. The Morgan fingerprint density at radius 3 is 1.13 bits per heavy atom. The van der Waals surface area contributed by atoms with Crippen molar-refractivity contribution in [1.82, 2.24) is 0 Å². The van der Waals surface area contributed by atoms with E-state index in [2.05, 4.69) is 0 Å². The second kappa shape index (κ2) is 11.1. The average molecular weight is 631 g/mol. The lowest BCUT2D eigenvalue weighted by molar-refractivity contribution is -0.0888. The van der Waals surface area contributed by atoms with Crippen LogP contribution in [0.2, 0.25) is 0 Å². The van der Waals surface area contributed by atoms with Gasteiger partial charge in [0.25, 0.3) is 11.6 Å². The number of Topliss-reactive ketones (excluding diaryl/α,β-unsaturated/α-hetero) is 2. The molecule has 4 nitrogen and oxygen atoms in total. The van der Waals surface area contributed by atoms with Gasteiger partial charge in [-0.3, -0.25) is 9.59 Å². The van der Waals surface area contributed by atoms with Crippen LogP contribution in [0.5, 0.6) is 11.5 Å². The van der Waals surface area contributed by atoms with Crippen molar-refractivity contribution in [1.29, 1.82) is 0 Å². The van der Waals surface area contributed by atoms with Crippen LogP contribution in [0.15, 0.2) is 109 Å². The monoisotopic (exact) mass is 630 g/mol. The summed E-state index contributed by atoms with van der Waals surface area (Å²) >= 11 is 0. The highest BCUT2D eigenvalue weighted by Crippen LogP contribution is 2.51. The number of aromatic hydroxyl groups is 2. The second-order valence-corrected chi connectivity index (χ2v) is 10.5. The Bertz CT molecular complexity index is 2010. The number of benzene rings is 6. The normalized spacial score (nSPS) is 12.0. The summed E-state index contributed by atoms with van der Waals surface area (Å²) in [6.07, 6.45) is -10.1. The summed E-state index contributed by atoms with van der Waals surface area (Å²) < 4.78 is 77.9. The summed E-state index contributed by atoms with van der Waals surface area (Å²) in [7, 11) is 0. The molecule has 0 amide bonds. The number of carbonyl (C=O) groups is 2. The van der Waals surface area contributed by atoms with Crippen molar-refractivity contribution in [2.75, 3.05) is 0 Å². The fraction of sp³-hybridized carbons (Fsp3) is 0.0556. The Labute approximate surface area is 256 Å². The van der Waals surface area contributed by atoms with Crippen molar-refractivity contribution in [2.45, 2.75) is 12.4 Å². The maximum absolute atomic E-state index is 13.0. The molecule has 0 aliphatic rings. The maximum Gasteiger partial charge on any atom is 0.454 e. The Hall–Kier alpha value is -5.64. The highest BCUT2D eigenvalue weighted by atomic mass is 19.4. The lowest BCUT2D eigenvalue weighted by Crippen LogP contribution is -2.22. The van der Waals surface area contributed by atoms with E-state index in [-0.39, 0.29) is 33.8 Å². The summed E-state index contributed by atoms with van der Waals surface area (Å²) in [6, 6.07) is 26.3. The number of halogens is 6. The first kappa shape index (κ1) is 30.4. The van der Waals surface area contributed by atoms with Gasteiger partial charge in [0.1, 0.15) is 11.5 Å². The molecule has 6 aromatic carbocycles. The van der Waals surface area contributed by atoms with Crippen molar-refractivity contribution in [3.05, 3.63) is 120 Å². The van der Waals surface area contributed by atoms with Crippen LogP contribution in [0, 0.1) is 0 Å². The van der Waals surface area contributed by atoms with Gasteiger partial charge in [0.2, 0.25) is 0 Å². The number of rotatable bonds is 5. The van der Waals surface area contributed by atoms with E-state index in [0.29, 0.717) is 32.7 Å². The SMILES string of the molecule is O=C(c1ccc(-c2cc3ccccc3c(-c3c(O)c(-c4ccc(C(=O)C(F)(F)F)cc4)cc4ccccc34)c2O)cc1)C(F)(F)F. The van der Waals surface area contributed by atoms with E-state index in [1.165, 1.54) is 24.3 Å². The highest BCUT2D eigenvalue weighted by Gasteiger charge is 2.40. The predicted octanol–water partition coefficient (Wildman–Crippen LogP) is 9.90. The fourth-order valence-electron chi connectivity index (χ4n) is 5.55. The average Bonchev–Trinajstić information content (AvgIpc) is 3.03. The van der Waals surface area contributed by atoms with E-state index in [9.17, 15) is 46.1 Å². The molecule has 6 rings (SSSR count). The smallest absolute Gasteiger partial charge is 0.454 e. The topological polar surface area (TPSA) is 74.6 Å². The zero-order chi connectivity index (χ0) is 33.0. The molecule has 2 N–H and O–H groups in total. The van der Waals surface area contributed by atoms with Crippen LogP contribution >= 0.6 is 0 Å². The second-order valence-electron chi connectivity index (χ2n) is 10.5. The van der Waals surface area contributed by atoms with Gasteiger partial charge in [-0.05, 0) is 44.8 Å². The molecule has 0 radical (unpaired) electrons. The number of ketones is 2. The molecule has 0 aliphatic carbocycles. The molecule has 10 heteroatoms. The molecule has 0 saturated carbocycles. The molecule has 230 valence electrons. The maximum atomic E-state index is 13.0. The molecule has 0 heterocycles. The van der Waals surface area contributed by atoms with Crippen molar-refractivity contribution < 1.29 is 46.1 Å². The fourth-order valence-corrected chi connectivity index (χ4v) is 5.55. The molecule has 0 unspecified atom stereocenters. The van der Waals surface area contributed by atoms with Crippen LogP contribution in [0.25, 0.3) is 54.9 Å². The van der Waals surface area contributed by atoms with Crippen molar-refractivity contribution >= 4 is 33.1 Å². The lowest BCUT2D eigenvalue weighted by atomic mass is 9.86. The third-order valence-corrected chi connectivity index (χ3v) is 7.72. The highest BCUT2D eigenvalue weighted by molar-refractivity contribution is 6.14. The minimum absolute atomic E-state index is 0.197. The molecule has 0 aliphatic heterocycles. The van der Waals surface area contributed by atoms with Crippen LogP contribution in [-0.2, 0) is 0 Å². The molecule has 0 bridgehead atoms. The molecule has 0 saturated heterocycles. The van der Waals surface area contributed by atoms with E-state index in [0.717, 1.165) is 24.3 Å². The van der Waals surface area contributed by atoms with Gasteiger partial charge in [0, 0.05) is 33.4 Å². The number of hydrogen-bond donors (Lipinski definition) is 2. The van der Waals surface area contributed by atoms with Crippen LogP contribution in [0.4, 0.5) is 26.3 Å². The summed E-state index contributed by atoms with van der Waals surface area (Å²) in [5, 5.41) is 25.9. The predicted molar refractivity (Wildman–Crippen MR) is 162 cm³/mol. The Morgan fingerprint density at radius 1 is 0.478 bits per heavy atom. The van der Waals surface area contributed by atoms with Crippen molar-refractivity contribution in [3.8, 4) is 44.9 Å². The number of phenols is 2. The molecular formula is C36H20F6O4. The number of phenolic OH excluding ortho intramolecular Hbond substituents is 2. The van der Waals surface area contributed by atoms with Gasteiger partial charge in [-0.15, -0.1) is 0 Å². The zero-order valence-electron chi connectivity index (χ0n) is 23.4. The first-order valence-corrected chi connectivity index (χ1v) is 13.7. The number of fused-ring (bicyclic) bond motifs is 2. The number of hydrogen-bond acceptors (Lipinski definition) is 4. The third-order valence-electron chi connectivity index (χ3n) is 7.72. The molecule has 0 atom stereocenters. The minimum atomic E-state index is -5.06. The molecule has 46 heavy (non-hydrogen) atoms. The first-order chi connectivity index (χ1) is 21.8. The molecular weight excluding hydrogens is 610 g/mol. The number of alkyl halides is 6. The Kier molecular flexibility index (Phi) is 7.31. The van der Waals surface area contributed by atoms with Gasteiger partial charge in [0.15, 0.2) is 0 Å². The van der Waals surface area contributed by atoms with Gasteiger partial charge < -0.3 is 10.2 Å². The summed E-state index contributed by atoms with van der Waals surface area (Å²) in [5.74, 6) is -4.63. The van der Waals surface area contributed by atoms with Gasteiger partial charge in [0.05, 0.1) is 0 Å². The van der Waals surface area contributed by atoms with Gasteiger partial charge in [-0.2, -0.15) is 26.3 Å². The van der Waals surface area contributed by atoms with Crippen molar-refractivity contribution in [3.63, 3.8) is 0 Å². The van der Waals surface area contributed by atoms with Crippen LogP contribution < -0.4 is 0 Å². The quantitative estimate of drug-likeness (QED) is 0.147. The van der Waals surface area contributed by atoms with Crippen LogP contribution in [0.1, 0.15) is 20.7 Å². The standard InChI is InChI=1S/C36H20F6O4/c37-35(38,39)33(45)21-13-9-19(10-14-21)27-17-23-5-1-3-7-25(23)29(31(27)43)30-26-8-4-2-6-24(26)18-28(32(30)44)20-11-15-22(16-12-20)34(46)36(40,41)42/h1-18,43-44H. The van der Waals surface area contributed by atoms with Gasteiger partial charge in [-0.25, -0.2) is 0 Å². The van der Waals surface area contributed by atoms with Gasteiger partial charge >= 0.3 is 12.4 Å². The largest absolute Gasteiger partial charge is 0.507 e. The van der Waals surface area contributed by atoms with Crippen molar-refractivity contribution in [2.24, 2.45) is 0 Å². The minimum Gasteiger partial charge on any atom is -0.507 e. The molecule has 6 aromatic rings. The van der Waals surface area contributed by atoms with Gasteiger partial charge in [-0.1, -0.05) is 97.1 Å². The van der Waals surface area contributed by atoms with Crippen LogP contribution in [-0.4, -0.2) is 34.1 Å². The molecule has 0 aromatic heterocycles.